The van der Waals surface area contributed by atoms with E-state index < -0.39 is 0 Å². The molecule has 0 saturated heterocycles. The molecule has 1 saturated carbocycles. The Hall–Kier alpha value is -1.55. The minimum atomic E-state index is -0.0828. The summed E-state index contributed by atoms with van der Waals surface area (Å²) in [5.41, 5.74) is 2.05. The van der Waals surface area contributed by atoms with Gasteiger partial charge in [0.15, 0.2) is 0 Å². The molecular weight excluding hydrogens is 262 g/mol. The molecule has 1 fully saturated rings. The highest BCUT2D eigenvalue weighted by molar-refractivity contribution is 5.89. The molecule has 2 rings (SSSR count). The Bertz CT molecular complexity index is 441. The third-order valence-electron chi connectivity index (χ3n) is 3.88. The normalized spacial score (nSPS) is 15.7. The van der Waals surface area contributed by atoms with Gasteiger partial charge in [-0.25, -0.2) is 4.79 Å². The zero-order chi connectivity index (χ0) is 14.9. The van der Waals surface area contributed by atoms with Gasteiger partial charge in [0.25, 0.3) is 0 Å². The van der Waals surface area contributed by atoms with Crippen LogP contribution in [0.2, 0.25) is 0 Å². The van der Waals surface area contributed by atoms with Gasteiger partial charge in [-0.05, 0) is 43.5 Å². The van der Waals surface area contributed by atoms with Crippen LogP contribution in [-0.4, -0.2) is 18.6 Å². The number of carbonyl (C=O) groups is 1. The smallest absolute Gasteiger partial charge is 0.319 e. The van der Waals surface area contributed by atoms with Crippen LogP contribution in [0.15, 0.2) is 24.3 Å². The van der Waals surface area contributed by atoms with E-state index in [1.54, 1.807) is 0 Å². The summed E-state index contributed by atoms with van der Waals surface area (Å²) < 4.78 is 0. The van der Waals surface area contributed by atoms with Crippen LogP contribution in [0.1, 0.15) is 51.0 Å². The molecule has 0 radical (unpaired) electrons. The molecule has 0 aliphatic heterocycles. The number of hydrogen-bond donors (Lipinski definition) is 3. The molecule has 0 heterocycles. The number of nitrogens with one attached hydrogen (secondary N) is 3. The molecule has 1 aromatic carbocycles. The first-order valence-electron chi connectivity index (χ1n) is 8.15. The van der Waals surface area contributed by atoms with Crippen LogP contribution in [-0.2, 0) is 6.54 Å². The molecule has 0 bridgehead atoms. The fourth-order valence-electron chi connectivity index (χ4n) is 2.77. The Morgan fingerprint density at radius 2 is 2.05 bits per heavy atom. The first-order chi connectivity index (χ1) is 10.3. The summed E-state index contributed by atoms with van der Waals surface area (Å²) >= 11 is 0. The fraction of sp³-hybridized carbons (Fsp3) is 0.588. The predicted molar refractivity (Wildman–Crippen MR) is 87.5 cm³/mol. The summed E-state index contributed by atoms with van der Waals surface area (Å²) in [6.07, 6.45) is 7.09. The van der Waals surface area contributed by atoms with Crippen LogP contribution in [0, 0.1) is 0 Å². The van der Waals surface area contributed by atoms with Gasteiger partial charge in [-0.3, -0.25) is 0 Å². The minimum absolute atomic E-state index is 0.0828. The molecule has 0 atom stereocenters. The molecule has 0 unspecified atom stereocenters. The van der Waals surface area contributed by atoms with Gasteiger partial charge >= 0.3 is 6.03 Å². The monoisotopic (exact) mass is 289 g/mol. The van der Waals surface area contributed by atoms with Gasteiger partial charge in [-0.2, -0.15) is 0 Å². The maximum Gasteiger partial charge on any atom is 0.319 e. The van der Waals surface area contributed by atoms with Crippen LogP contribution in [0.3, 0.4) is 0 Å². The molecular formula is C17H27N3O. The van der Waals surface area contributed by atoms with Crippen molar-refractivity contribution in [2.75, 3.05) is 11.9 Å². The number of carbonyl (C=O) groups excluding carboxylic acids is 1. The highest BCUT2D eigenvalue weighted by atomic mass is 16.2. The summed E-state index contributed by atoms with van der Waals surface area (Å²) in [6.45, 7) is 4.01. The topological polar surface area (TPSA) is 53.2 Å². The zero-order valence-corrected chi connectivity index (χ0v) is 13.0. The Balaban J connectivity index is 1.80. The average molecular weight is 289 g/mol. The summed E-state index contributed by atoms with van der Waals surface area (Å²) in [7, 11) is 0. The number of anilines is 1. The number of benzene rings is 1. The molecule has 4 heteroatoms. The van der Waals surface area contributed by atoms with Crippen molar-refractivity contribution in [2.45, 2.75) is 58.0 Å². The van der Waals surface area contributed by atoms with Crippen molar-refractivity contribution in [1.29, 1.82) is 0 Å². The summed E-state index contributed by atoms with van der Waals surface area (Å²) in [5.74, 6) is 0. The maximum absolute atomic E-state index is 12.0. The highest BCUT2D eigenvalue weighted by Crippen LogP contribution is 2.17. The molecule has 1 aliphatic carbocycles. The second kappa shape index (κ2) is 8.67. The van der Waals surface area contributed by atoms with Crippen molar-refractivity contribution in [3.8, 4) is 0 Å². The first-order valence-corrected chi connectivity index (χ1v) is 8.15. The van der Waals surface area contributed by atoms with Crippen LogP contribution in [0.5, 0.6) is 0 Å². The van der Waals surface area contributed by atoms with E-state index in [9.17, 15) is 4.79 Å². The lowest BCUT2D eigenvalue weighted by atomic mass is 9.96. The van der Waals surface area contributed by atoms with Crippen molar-refractivity contribution in [3.05, 3.63) is 29.8 Å². The molecule has 21 heavy (non-hydrogen) atoms. The third-order valence-corrected chi connectivity index (χ3v) is 3.88. The second-order valence-electron chi connectivity index (χ2n) is 5.81. The van der Waals surface area contributed by atoms with Crippen LogP contribution >= 0.6 is 0 Å². The van der Waals surface area contributed by atoms with Gasteiger partial charge in [-0.1, -0.05) is 38.3 Å². The van der Waals surface area contributed by atoms with Gasteiger partial charge in [0, 0.05) is 18.3 Å². The minimum Gasteiger partial charge on any atom is -0.335 e. The number of urea groups is 1. The van der Waals surface area contributed by atoms with Gasteiger partial charge < -0.3 is 16.0 Å². The molecule has 2 amide bonds. The standard InChI is InChI=1S/C17H27N3O/c1-2-11-18-13-14-7-6-10-16(12-14)20-17(21)19-15-8-4-3-5-9-15/h6-7,10,12,15,18H,2-5,8-9,11,13H2,1H3,(H2,19,20,21). The molecule has 1 aliphatic rings. The van der Waals surface area contributed by atoms with Crippen LogP contribution in [0.4, 0.5) is 10.5 Å². The number of rotatable bonds is 6. The molecule has 4 nitrogen and oxygen atoms in total. The Labute approximate surface area is 127 Å². The lowest BCUT2D eigenvalue weighted by Gasteiger charge is -2.22. The van der Waals surface area contributed by atoms with E-state index >= 15 is 0 Å². The average Bonchev–Trinajstić information content (AvgIpc) is 2.49. The van der Waals surface area contributed by atoms with E-state index in [0.717, 1.165) is 38.0 Å². The van der Waals surface area contributed by atoms with Crippen molar-refractivity contribution < 1.29 is 4.79 Å². The van der Waals surface area contributed by atoms with Crippen LogP contribution < -0.4 is 16.0 Å². The quantitative estimate of drug-likeness (QED) is 0.700. The van der Waals surface area contributed by atoms with E-state index in [4.69, 9.17) is 0 Å². The highest BCUT2D eigenvalue weighted by Gasteiger charge is 2.15. The lowest BCUT2D eigenvalue weighted by molar-refractivity contribution is 0.244. The van der Waals surface area contributed by atoms with E-state index in [0.29, 0.717) is 6.04 Å². The van der Waals surface area contributed by atoms with Crippen molar-refractivity contribution in [3.63, 3.8) is 0 Å². The van der Waals surface area contributed by atoms with Crippen molar-refractivity contribution in [1.82, 2.24) is 10.6 Å². The second-order valence-corrected chi connectivity index (χ2v) is 5.81. The van der Waals surface area contributed by atoms with Crippen LogP contribution in [0.25, 0.3) is 0 Å². The van der Waals surface area contributed by atoms with Crippen molar-refractivity contribution in [2.24, 2.45) is 0 Å². The predicted octanol–water partition coefficient (Wildman–Crippen LogP) is 3.64. The zero-order valence-electron chi connectivity index (χ0n) is 13.0. The maximum atomic E-state index is 12.0. The number of hydrogen-bond acceptors (Lipinski definition) is 2. The largest absolute Gasteiger partial charge is 0.335 e. The fourth-order valence-corrected chi connectivity index (χ4v) is 2.77. The van der Waals surface area contributed by atoms with Gasteiger partial charge in [0.2, 0.25) is 0 Å². The Morgan fingerprint density at radius 3 is 2.81 bits per heavy atom. The van der Waals surface area contributed by atoms with E-state index in [-0.39, 0.29) is 6.03 Å². The third kappa shape index (κ3) is 5.76. The van der Waals surface area contributed by atoms with E-state index in [1.165, 1.54) is 24.8 Å². The van der Waals surface area contributed by atoms with E-state index in [1.807, 2.05) is 18.2 Å². The summed E-state index contributed by atoms with van der Waals surface area (Å²) in [5, 5.41) is 9.38. The SMILES string of the molecule is CCCNCc1cccc(NC(=O)NC2CCCCC2)c1. The summed E-state index contributed by atoms with van der Waals surface area (Å²) in [6, 6.07) is 8.28. The Morgan fingerprint density at radius 1 is 1.24 bits per heavy atom. The lowest BCUT2D eigenvalue weighted by Crippen LogP contribution is -2.39. The molecule has 1 aromatic rings. The number of amides is 2. The van der Waals surface area contributed by atoms with Gasteiger partial charge in [-0.15, -0.1) is 0 Å². The molecule has 0 aromatic heterocycles. The molecule has 116 valence electrons. The summed E-state index contributed by atoms with van der Waals surface area (Å²) in [4.78, 5) is 12.0. The van der Waals surface area contributed by atoms with E-state index in [2.05, 4.69) is 28.9 Å². The van der Waals surface area contributed by atoms with Gasteiger partial charge in [0.05, 0.1) is 0 Å². The van der Waals surface area contributed by atoms with Gasteiger partial charge in [0.1, 0.15) is 0 Å². The molecule has 0 spiro atoms. The Kier molecular flexibility index (Phi) is 6.54. The van der Waals surface area contributed by atoms with Crippen molar-refractivity contribution >= 4 is 11.7 Å². The molecule has 3 N–H and O–H groups in total. The first kappa shape index (κ1) is 15.8.